The molecule has 29 heavy (non-hydrogen) atoms. The molecule has 2 aromatic carbocycles. The predicted molar refractivity (Wildman–Crippen MR) is 114 cm³/mol. The van der Waals surface area contributed by atoms with Crippen LogP contribution in [0.15, 0.2) is 59.4 Å². The lowest BCUT2D eigenvalue weighted by Gasteiger charge is -2.20. The minimum atomic E-state index is -0.327. The van der Waals surface area contributed by atoms with Crippen LogP contribution in [0.4, 0.5) is 5.69 Å². The van der Waals surface area contributed by atoms with Crippen molar-refractivity contribution in [3.05, 3.63) is 81.2 Å². The minimum absolute atomic E-state index is 0.171. The number of anilines is 1. The molecule has 0 bridgehead atoms. The Morgan fingerprint density at radius 1 is 1.14 bits per heavy atom. The Balaban J connectivity index is 2.07. The van der Waals surface area contributed by atoms with Gasteiger partial charge in [0, 0.05) is 47.6 Å². The largest absolute Gasteiger partial charge is 0.396 e. The molecule has 1 amide bonds. The van der Waals surface area contributed by atoms with Crippen molar-refractivity contribution in [3.63, 3.8) is 0 Å². The number of nitrogens with zero attached hydrogens (tertiary/aromatic N) is 3. The van der Waals surface area contributed by atoms with Gasteiger partial charge in [-0.2, -0.15) is 0 Å². The van der Waals surface area contributed by atoms with Crippen LogP contribution in [-0.4, -0.2) is 34.2 Å². The summed E-state index contributed by atoms with van der Waals surface area (Å²) < 4.78 is 1.36. The SMILES string of the molecule is Cc1nc(-c2ccc(Cl)cc2)n(CC(=O)N(C)c2ccccc2)c(=O)c1CCO. The molecule has 0 aliphatic heterocycles. The van der Waals surface area contributed by atoms with Gasteiger partial charge < -0.3 is 10.0 Å². The van der Waals surface area contributed by atoms with Gasteiger partial charge in [-0.05, 0) is 43.3 Å². The van der Waals surface area contributed by atoms with E-state index in [0.29, 0.717) is 27.7 Å². The van der Waals surface area contributed by atoms with Crippen LogP contribution in [0.25, 0.3) is 11.4 Å². The van der Waals surface area contributed by atoms with E-state index in [0.717, 1.165) is 5.69 Å². The van der Waals surface area contributed by atoms with Crippen LogP contribution in [0.5, 0.6) is 0 Å². The van der Waals surface area contributed by atoms with Crippen LogP contribution in [0.3, 0.4) is 0 Å². The highest BCUT2D eigenvalue weighted by Crippen LogP contribution is 2.21. The number of aliphatic hydroxyl groups excluding tert-OH is 1. The third-order valence-corrected chi connectivity index (χ3v) is 5.00. The van der Waals surface area contributed by atoms with E-state index in [1.54, 1.807) is 38.2 Å². The first-order valence-electron chi connectivity index (χ1n) is 9.21. The first-order valence-corrected chi connectivity index (χ1v) is 9.59. The zero-order chi connectivity index (χ0) is 21.0. The summed E-state index contributed by atoms with van der Waals surface area (Å²) in [5.74, 6) is 0.134. The number of likely N-dealkylation sites (N-methyl/N-ethyl adjacent to an activating group) is 1. The molecule has 7 heteroatoms. The van der Waals surface area contributed by atoms with Gasteiger partial charge in [0.05, 0.1) is 0 Å². The highest BCUT2D eigenvalue weighted by molar-refractivity contribution is 6.30. The molecule has 0 aliphatic rings. The fourth-order valence-corrected chi connectivity index (χ4v) is 3.23. The summed E-state index contributed by atoms with van der Waals surface area (Å²) in [7, 11) is 1.67. The van der Waals surface area contributed by atoms with Gasteiger partial charge in [0.2, 0.25) is 5.91 Å². The molecular weight excluding hydrogens is 390 g/mol. The van der Waals surface area contributed by atoms with E-state index in [1.165, 1.54) is 9.47 Å². The Bertz CT molecular complexity index is 1060. The standard InChI is InChI=1S/C22H22ClN3O3/c1-15-19(12-13-27)22(29)26(21(24-15)16-8-10-17(23)11-9-16)14-20(28)25(2)18-6-4-3-5-7-18/h3-11,27H,12-14H2,1-2H3. The highest BCUT2D eigenvalue weighted by atomic mass is 35.5. The van der Waals surface area contributed by atoms with E-state index >= 15 is 0 Å². The first kappa shape index (κ1) is 20.8. The molecule has 0 fully saturated rings. The second-order valence-corrected chi connectivity index (χ2v) is 7.10. The second kappa shape index (κ2) is 9.03. The average molecular weight is 412 g/mol. The maximum atomic E-state index is 13.2. The summed E-state index contributed by atoms with van der Waals surface area (Å²) in [5.41, 5.74) is 2.02. The summed E-state index contributed by atoms with van der Waals surface area (Å²) in [6, 6.07) is 16.2. The summed E-state index contributed by atoms with van der Waals surface area (Å²) in [4.78, 5) is 32.2. The predicted octanol–water partition coefficient (Wildman–Crippen LogP) is 3.07. The number of hydrogen-bond acceptors (Lipinski definition) is 4. The number of carbonyl (C=O) groups excluding carboxylic acids is 1. The van der Waals surface area contributed by atoms with Gasteiger partial charge in [-0.1, -0.05) is 29.8 Å². The van der Waals surface area contributed by atoms with Gasteiger partial charge in [0.25, 0.3) is 5.56 Å². The van der Waals surface area contributed by atoms with E-state index in [2.05, 4.69) is 4.98 Å². The number of amides is 1. The van der Waals surface area contributed by atoms with Crippen LogP contribution in [-0.2, 0) is 17.8 Å². The number of hydrogen-bond donors (Lipinski definition) is 1. The number of aliphatic hydroxyl groups is 1. The molecule has 1 aromatic heterocycles. The van der Waals surface area contributed by atoms with Crippen LogP contribution in [0.2, 0.25) is 5.02 Å². The van der Waals surface area contributed by atoms with Crippen LogP contribution in [0, 0.1) is 6.92 Å². The van der Waals surface area contributed by atoms with E-state index < -0.39 is 0 Å². The van der Waals surface area contributed by atoms with Crippen molar-refractivity contribution in [2.24, 2.45) is 0 Å². The van der Waals surface area contributed by atoms with E-state index in [4.69, 9.17) is 11.6 Å². The van der Waals surface area contributed by atoms with Crippen molar-refractivity contribution in [1.29, 1.82) is 0 Å². The summed E-state index contributed by atoms with van der Waals surface area (Å²) in [5, 5.41) is 9.90. The summed E-state index contributed by atoms with van der Waals surface area (Å²) >= 11 is 5.98. The monoisotopic (exact) mass is 411 g/mol. The lowest BCUT2D eigenvalue weighted by Crippen LogP contribution is -2.36. The molecule has 0 spiro atoms. The highest BCUT2D eigenvalue weighted by Gasteiger charge is 2.19. The molecule has 3 rings (SSSR count). The number of aromatic nitrogens is 2. The summed E-state index contributed by atoms with van der Waals surface area (Å²) in [6.45, 7) is 1.39. The third kappa shape index (κ3) is 4.55. The quantitative estimate of drug-likeness (QED) is 0.676. The van der Waals surface area contributed by atoms with Crippen molar-refractivity contribution in [3.8, 4) is 11.4 Å². The third-order valence-electron chi connectivity index (χ3n) is 4.74. The number of benzene rings is 2. The lowest BCUT2D eigenvalue weighted by atomic mass is 10.1. The Morgan fingerprint density at radius 2 is 1.79 bits per heavy atom. The van der Waals surface area contributed by atoms with Crippen molar-refractivity contribution < 1.29 is 9.90 Å². The fraction of sp³-hybridized carbons (Fsp3) is 0.227. The molecule has 0 unspecified atom stereocenters. The van der Waals surface area contributed by atoms with Crippen LogP contribution < -0.4 is 10.5 Å². The molecule has 0 radical (unpaired) electrons. The molecule has 6 nitrogen and oxygen atoms in total. The molecule has 0 aliphatic carbocycles. The minimum Gasteiger partial charge on any atom is -0.396 e. The van der Waals surface area contributed by atoms with Gasteiger partial charge in [-0.3, -0.25) is 14.2 Å². The molecule has 150 valence electrons. The molecule has 0 saturated carbocycles. The lowest BCUT2D eigenvalue weighted by molar-refractivity contribution is -0.118. The maximum absolute atomic E-state index is 13.2. The van der Waals surface area contributed by atoms with Crippen LogP contribution in [0.1, 0.15) is 11.3 Å². The van der Waals surface area contributed by atoms with E-state index in [9.17, 15) is 14.7 Å². The first-order chi connectivity index (χ1) is 13.9. The second-order valence-electron chi connectivity index (χ2n) is 6.66. The van der Waals surface area contributed by atoms with Gasteiger partial charge in [0.1, 0.15) is 12.4 Å². The van der Waals surface area contributed by atoms with Crippen molar-refractivity contribution in [2.45, 2.75) is 19.9 Å². The Kier molecular flexibility index (Phi) is 6.46. The van der Waals surface area contributed by atoms with Gasteiger partial charge in [-0.25, -0.2) is 4.98 Å². The molecule has 3 aromatic rings. The van der Waals surface area contributed by atoms with Crippen molar-refractivity contribution in [1.82, 2.24) is 9.55 Å². The number of para-hydroxylation sites is 1. The molecule has 1 heterocycles. The fourth-order valence-electron chi connectivity index (χ4n) is 3.10. The zero-order valence-electron chi connectivity index (χ0n) is 16.3. The molecular formula is C22H22ClN3O3. The average Bonchev–Trinajstić information content (AvgIpc) is 2.73. The Hall–Kier alpha value is -2.96. The number of carbonyl (C=O) groups is 1. The van der Waals surface area contributed by atoms with Gasteiger partial charge in [-0.15, -0.1) is 0 Å². The molecule has 1 N–H and O–H groups in total. The normalized spacial score (nSPS) is 10.8. The van der Waals surface area contributed by atoms with Crippen molar-refractivity contribution in [2.75, 3.05) is 18.6 Å². The Labute approximate surface area is 174 Å². The zero-order valence-corrected chi connectivity index (χ0v) is 17.1. The van der Waals surface area contributed by atoms with Gasteiger partial charge >= 0.3 is 0 Å². The topological polar surface area (TPSA) is 75.4 Å². The maximum Gasteiger partial charge on any atom is 0.257 e. The number of aryl methyl sites for hydroxylation is 1. The smallest absolute Gasteiger partial charge is 0.257 e. The van der Waals surface area contributed by atoms with Gasteiger partial charge in [0.15, 0.2) is 0 Å². The van der Waals surface area contributed by atoms with E-state index in [1.807, 2.05) is 30.3 Å². The number of rotatable bonds is 6. The molecule has 0 saturated heterocycles. The van der Waals surface area contributed by atoms with E-state index in [-0.39, 0.29) is 31.0 Å². The summed E-state index contributed by atoms with van der Waals surface area (Å²) in [6.07, 6.45) is 0.182. The van der Waals surface area contributed by atoms with Crippen LogP contribution >= 0.6 is 11.6 Å². The molecule has 0 atom stereocenters. The van der Waals surface area contributed by atoms with Crippen molar-refractivity contribution >= 4 is 23.2 Å². The number of halogens is 1. The Morgan fingerprint density at radius 3 is 2.41 bits per heavy atom.